The van der Waals surface area contributed by atoms with Crippen LogP contribution in [0.5, 0.6) is 0 Å². The van der Waals surface area contributed by atoms with Crippen LogP contribution in [0.15, 0.2) is 33.7 Å². The largest absolute Gasteiger partial charge is 0.379 e. The molecule has 7 heteroatoms. The Morgan fingerprint density at radius 3 is 2.75 bits per heavy atom. The number of benzene rings is 1. The lowest BCUT2D eigenvalue weighted by molar-refractivity contribution is 0.0195. The van der Waals surface area contributed by atoms with Crippen molar-refractivity contribution in [2.24, 2.45) is 4.99 Å². The number of nitrogens with zero attached hydrogens (tertiary/aromatic N) is 3. The lowest BCUT2D eigenvalue weighted by Crippen LogP contribution is -2.46. The van der Waals surface area contributed by atoms with Crippen LogP contribution in [0.25, 0.3) is 0 Å². The van der Waals surface area contributed by atoms with Gasteiger partial charge in [0.25, 0.3) is 0 Å². The van der Waals surface area contributed by atoms with Gasteiger partial charge in [-0.2, -0.15) is 0 Å². The van der Waals surface area contributed by atoms with E-state index in [2.05, 4.69) is 62.2 Å². The van der Waals surface area contributed by atoms with Gasteiger partial charge < -0.3 is 15.0 Å². The Kier molecular flexibility index (Phi) is 8.04. The molecule has 0 radical (unpaired) electrons. The Bertz CT molecular complexity index is 676. The van der Waals surface area contributed by atoms with Crippen molar-refractivity contribution in [1.82, 2.24) is 15.1 Å². The number of likely N-dealkylation sites (tertiary alicyclic amines) is 1. The number of halogens is 2. The van der Waals surface area contributed by atoms with E-state index in [1.165, 1.54) is 24.8 Å². The summed E-state index contributed by atoms with van der Waals surface area (Å²) in [5.41, 5.74) is 1.66. The Morgan fingerprint density at radius 1 is 1.29 bits per heavy atom. The van der Waals surface area contributed by atoms with E-state index in [-0.39, 0.29) is 29.4 Å². The van der Waals surface area contributed by atoms with Gasteiger partial charge >= 0.3 is 0 Å². The van der Waals surface area contributed by atoms with E-state index in [1.54, 1.807) is 0 Å². The molecular weight excluding hydrogens is 531 g/mol. The monoisotopic (exact) mass is 562 g/mol. The van der Waals surface area contributed by atoms with Crippen molar-refractivity contribution in [2.75, 3.05) is 52.5 Å². The minimum Gasteiger partial charge on any atom is -0.379 e. The number of nitrogens with one attached hydrogen (secondary N) is 1. The maximum Gasteiger partial charge on any atom is 0.193 e. The Hall–Kier alpha value is -0.380. The predicted molar refractivity (Wildman–Crippen MR) is 129 cm³/mol. The molecule has 2 saturated heterocycles. The first-order chi connectivity index (χ1) is 13.2. The minimum atomic E-state index is 0. The highest BCUT2D eigenvalue weighted by molar-refractivity contribution is 14.0. The Balaban J connectivity index is 0.00000225. The van der Waals surface area contributed by atoms with Crippen molar-refractivity contribution in [3.63, 3.8) is 0 Å². The highest BCUT2D eigenvalue weighted by Gasteiger charge is 2.44. The lowest BCUT2D eigenvalue weighted by atomic mass is 9.96. The van der Waals surface area contributed by atoms with Gasteiger partial charge in [-0.1, -0.05) is 28.1 Å². The van der Waals surface area contributed by atoms with Gasteiger partial charge in [-0.25, -0.2) is 0 Å². The molecule has 1 aliphatic carbocycles. The van der Waals surface area contributed by atoms with Crippen LogP contribution < -0.4 is 5.32 Å². The van der Waals surface area contributed by atoms with E-state index >= 15 is 0 Å². The molecule has 0 spiro atoms. The molecule has 4 rings (SSSR count). The number of hydrogen-bond donors (Lipinski definition) is 1. The van der Waals surface area contributed by atoms with E-state index in [4.69, 9.17) is 9.73 Å². The maximum atomic E-state index is 5.51. The first-order valence-electron chi connectivity index (χ1n) is 10.3. The molecule has 0 amide bonds. The third-order valence-corrected chi connectivity index (χ3v) is 6.68. The third kappa shape index (κ3) is 5.21. The van der Waals surface area contributed by atoms with Crippen molar-refractivity contribution < 1.29 is 4.74 Å². The zero-order valence-corrected chi connectivity index (χ0v) is 20.6. The van der Waals surface area contributed by atoms with E-state index in [0.717, 1.165) is 62.9 Å². The van der Waals surface area contributed by atoms with E-state index in [9.17, 15) is 0 Å². The summed E-state index contributed by atoms with van der Waals surface area (Å²) in [5, 5.41) is 3.53. The standard InChI is InChI=1S/C21H31BrN4O.HI/c1-2-23-20(26-9-6-19(15-26)25-10-12-27-13-11-25)24-16-21(7-8-21)17-4-3-5-18(22)14-17;/h3-5,14,19H,2,6-13,15-16H2,1H3,(H,23,24);1H. The Labute approximate surface area is 194 Å². The summed E-state index contributed by atoms with van der Waals surface area (Å²) in [6.07, 6.45) is 3.70. The van der Waals surface area contributed by atoms with Gasteiger partial charge in [-0.15, -0.1) is 24.0 Å². The number of hydrogen-bond acceptors (Lipinski definition) is 3. The van der Waals surface area contributed by atoms with E-state index in [0.29, 0.717) is 6.04 Å². The van der Waals surface area contributed by atoms with Gasteiger partial charge in [0.05, 0.1) is 19.8 Å². The zero-order chi connectivity index (χ0) is 18.7. The molecule has 1 aromatic carbocycles. The summed E-state index contributed by atoms with van der Waals surface area (Å²) in [5.74, 6) is 1.09. The molecule has 2 aliphatic heterocycles. The fraction of sp³-hybridized carbons (Fsp3) is 0.667. The summed E-state index contributed by atoms with van der Waals surface area (Å²) < 4.78 is 6.67. The van der Waals surface area contributed by atoms with Gasteiger partial charge in [0.2, 0.25) is 0 Å². The van der Waals surface area contributed by atoms with Crippen molar-refractivity contribution in [3.8, 4) is 0 Å². The Morgan fingerprint density at radius 2 is 2.07 bits per heavy atom. The lowest BCUT2D eigenvalue weighted by Gasteiger charge is -2.32. The first-order valence-corrected chi connectivity index (χ1v) is 11.1. The molecule has 1 aromatic rings. The normalized spacial score (nSPS) is 24.7. The van der Waals surface area contributed by atoms with Crippen molar-refractivity contribution in [3.05, 3.63) is 34.3 Å². The van der Waals surface area contributed by atoms with Crippen molar-refractivity contribution in [1.29, 1.82) is 0 Å². The van der Waals surface area contributed by atoms with Crippen LogP contribution in [-0.4, -0.2) is 74.3 Å². The number of morpholine rings is 1. The van der Waals surface area contributed by atoms with Crippen LogP contribution in [0.4, 0.5) is 0 Å². The zero-order valence-electron chi connectivity index (χ0n) is 16.7. The average Bonchev–Trinajstić information content (AvgIpc) is 3.33. The first kappa shape index (κ1) is 22.3. The molecule has 0 aromatic heterocycles. The van der Waals surface area contributed by atoms with Crippen LogP contribution in [0, 0.1) is 0 Å². The summed E-state index contributed by atoms with van der Waals surface area (Å²) in [6, 6.07) is 9.40. The van der Waals surface area contributed by atoms with Gasteiger partial charge in [0, 0.05) is 48.7 Å². The van der Waals surface area contributed by atoms with Crippen LogP contribution in [0.1, 0.15) is 31.7 Å². The van der Waals surface area contributed by atoms with Gasteiger partial charge in [0.15, 0.2) is 5.96 Å². The quantitative estimate of drug-likeness (QED) is 0.339. The van der Waals surface area contributed by atoms with Crippen molar-refractivity contribution >= 4 is 45.9 Å². The average molecular weight is 563 g/mol. The molecule has 3 fully saturated rings. The maximum absolute atomic E-state index is 5.51. The molecule has 1 saturated carbocycles. The van der Waals surface area contributed by atoms with Crippen LogP contribution >= 0.6 is 39.9 Å². The molecule has 156 valence electrons. The SMILES string of the molecule is CCNC(=NCC1(c2cccc(Br)c2)CC1)N1CCC(N2CCOCC2)C1.I. The van der Waals surface area contributed by atoms with Crippen LogP contribution in [0.2, 0.25) is 0 Å². The second-order valence-corrected chi connectivity index (χ2v) is 8.91. The van der Waals surface area contributed by atoms with Crippen molar-refractivity contribution in [2.45, 2.75) is 37.6 Å². The summed E-state index contributed by atoms with van der Waals surface area (Å²) in [6.45, 7) is 10.0. The van der Waals surface area contributed by atoms with Gasteiger partial charge in [-0.05, 0) is 43.9 Å². The van der Waals surface area contributed by atoms with Gasteiger partial charge in [-0.3, -0.25) is 9.89 Å². The second-order valence-electron chi connectivity index (χ2n) is 8.00. The van der Waals surface area contributed by atoms with E-state index in [1.807, 2.05) is 0 Å². The third-order valence-electron chi connectivity index (χ3n) is 6.18. The molecule has 5 nitrogen and oxygen atoms in total. The minimum absolute atomic E-state index is 0. The number of aliphatic imine (C=N–C) groups is 1. The highest BCUT2D eigenvalue weighted by atomic mass is 127. The molecule has 2 heterocycles. The van der Waals surface area contributed by atoms with Crippen LogP contribution in [0.3, 0.4) is 0 Å². The highest BCUT2D eigenvalue weighted by Crippen LogP contribution is 2.48. The number of guanidine groups is 1. The van der Waals surface area contributed by atoms with Crippen LogP contribution in [-0.2, 0) is 10.2 Å². The molecule has 1 atom stereocenters. The smallest absolute Gasteiger partial charge is 0.193 e. The summed E-state index contributed by atoms with van der Waals surface area (Å²) >= 11 is 3.62. The number of rotatable bonds is 5. The predicted octanol–water partition coefficient (Wildman–Crippen LogP) is 3.47. The van der Waals surface area contributed by atoms with Gasteiger partial charge in [0.1, 0.15) is 0 Å². The second kappa shape index (κ2) is 10.1. The van der Waals surface area contributed by atoms with E-state index < -0.39 is 0 Å². The molecule has 28 heavy (non-hydrogen) atoms. The molecular formula is C21H32BrIN4O. The topological polar surface area (TPSA) is 40.1 Å². The molecule has 1 unspecified atom stereocenters. The number of ether oxygens (including phenoxy) is 1. The molecule has 1 N–H and O–H groups in total. The summed E-state index contributed by atoms with van der Waals surface area (Å²) in [7, 11) is 0. The molecule has 0 bridgehead atoms. The fourth-order valence-electron chi connectivity index (χ4n) is 4.33. The fourth-order valence-corrected chi connectivity index (χ4v) is 4.73. The molecule has 3 aliphatic rings. The summed E-state index contributed by atoms with van der Waals surface area (Å²) in [4.78, 5) is 10.1.